The van der Waals surface area contributed by atoms with Gasteiger partial charge in [0.25, 0.3) is 10.0 Å². The number of aliphatic carboxylic acids is 1. The molecule has 0 amide bonds. The van der Waals surface area contributed by atoms with Crippen LogP contribution in [0.25, 0.3) is 0 Å². The SMILES string of the molecule is COc1ccc(CC(=O)O)cc1S(=O)(=O)Nc1ccc(C)c(C)c1. The molecule has 0 saturated carbocycles. The molecular weight excluding hydrogens is 330 g/mol. The molecule has 6 nitrogen and oxygen atoms in total. The Kier molecular flexibility index (Phi) is 5.14. The molecule has 0 aliphatic carbocycles. The van der Waals surface area contributed by atoms with Gasteiger partial charge in [-0.1, -0.05) is 12.1 Å². The van der Waals surface area contributed by atoms with Crippen LogP contribution in [0, 0.1) is 13.8 Å². The van der Waals surface area contributed by atoms with Crippen molar-refractivity contribution in [2.75, 3.05) is 11.8 Å². The Labute approximate surface area is 141 Å². The summed E-state index contributed by atoms with van der Waals surface area (Å²) in [4.78, 5) is 10.8. The van der Waals surface area contributed by atoms with Crippen LogP contribution in [-0.4, -0.2) is 26.6 Å². The third kappa shape index (κ3) is 4.05. The molecule has 0 radical (unpaired) electrons. The molecule has 0 aromatic heterocycles. The molecule has 0 aliphatic rings. The fourth-order valence-corrected chi connectivity index (χ4v) is 3.50. The molecule has 2 N–H and O–H groups in total. The molecule has 0 atom stereocenters. The number of aryl methyl sites for hydroxylation is 2. The summed E-state index contributed by atoms with van der Waals surface area (Å²) >= 11 is 0. The molecule has 7 heteroatoms. The topological polar surface area (TPSA) is 92.7 Å². The summed E-state index contributed by atoms with van der Waals surface area (Å²) in [5.41, 5.74) is 2.83. The second-order valence-electron chi connectivity index (χ2n) is 5.46. The van der Waals surface area contributed by atoms with Gasteiger partial charge in [-0.25, -0.2) is 8.42 Å². The van der Waals surface area contributed by atoms with Gasteiger partial charge in [0, 0.05) is 5.69 Å². The lowest BCUT2D eigenvalue weighted by atomic mass is 10.1. The van der Waals surface area contributed by atoms with E-state index in [1.165, 1.54) is 25.3 Å². The first-order valence-electron chi connectivity index (χ1n) is 7.21. The minimum atomic E-state index is -3.91. The number of rotatable bonds is 6. The number of methoxy groups -OCH3 is 1. The molecule has 24 heavy (non-hydrogen) atoms. The van der Waals surface area contributed by atoms with Gasteiger partial charge >= 0.3 is 5.97 Å². The van der Waals surface area contributed by atoms with Gasteiger partial charge in [0.2, 0.25) is 0 Å². The van der Waals surface area contributed by atoms with Gasteiger partial charge in [-0.2, -0.15) is 0 Å². The van der Waals surface area contributed by atoms with E-state index in [2.05, 4.69) is 4.72 Å². The lowest BCUT2D eigenvalue weighted by molar-refractivity contribution is -0.136. The van der Waals surface area contributed by atoms with Crippen LogP contribution in [0.15, 0.2) is 41.3 Å². The lowest BCUT2D eigenvalue weighted by Gasteiger charge is -2.13. The summed E-state index contributed by atoms with van der Waals surface area (Å²) in [7, 11) is -2.55. The third-order valence-electron chi connectivity index (χ3n) is 3.63. The molecule has 2 aromatic carbocycles. The van der Waals surface area contributed by atoms with Gasteiger partial charge in [-0.05, 0) is 54.8 Å². The molecule has 0 spiro atoms. The highest BCUT2D eigenvalue weighted by atomic mass is 32.2. The normalized spacial score (nSPS) is 11.1. The Hall–Kier alpha value is -2.54. The van der Waals surface area contributed by atoms with Crippen LogP contribution >= 0.6 is 0 Å². The number of anilines is 1. The van der Waals surface area contributed by atoms with E-state index in [1.54, 1.807) is 12.1 Å². The van der Waals surface area contributed by atoms with Gasteiger partial charge < -0.3 is 9.84 Å². The fraction of sp³-hybridized carbons (Fsp3) is 0.235. The summed E-state index contributed by atoms with van der Waals surface area (Å²) in [6, 6.07) is 9.53. The second kappa shape index (κ2) is 6.92. The van der Waals surface area contributed by atoms with E-state index in [0.29, 0.717) is 11.3 Å². The van der Waals surface area contributed by atoms with E-state index >= 15 is 0 Å². The minimum absolute atomic E-state index is 0.0954. The first kappa shape index (κ1) is 17.8. The predicted molar refractivity (Wildman–Crippen MR) is 91.1 cm³/mol. The predicted octanol–water partition coefficient (Wildman–Crippen LogP) is 2.74. The number of hydrogen-bond donors (Lipinski definition) is 2. The zero-order valence-electron chi connectivity index (χ0n) is 13.7. The van der Waals surface area contributed by atoms with Crippen LogP contribution in [0.2, 0.25) is 0 Å². The van der Waals surface area contributed by atoms with Crippen molar-refractivity contribution in [3.8, 4) is 5.75 Å². The standard InChI is InChI=1S/C17H19NO5S/c1-11-4-6-14(8-12(11)2)18-24(21,22)16-9-13(10-17(19)20)5-7-15(16)23-3/h4-9,18H,10H2,1-3H3,(H,19,20). The largest absolute Gasteiger partial charge is 0.495 e. The van der Waals surface area contributed by atoms with Crippen LogP contribution in [0.4, 0.5) is 5.69 Å². The molecule has 2 aromatic rings. The maximum atomic E-state index is 12.7. The highest BCUT2D eigenvalue weighted by molar-refractivity contribution is 7.92. The highest BCUT2D eigenvalue weighted by Gasteiger charge is 2.21. The summed E-state index contributed by atoms with van der Waals surface area (Å²) in [6.07, 6.45) is -0.268. The average molecular weight is 349 g/mol. The Balaban J connectivity index is 2.43. The zero-order valence-corrected chi connectivity index (χ0v) is 14.5. The van der Waals surface area contributed by atoms with E-state index in [1.807, 2.05) is 19.9 Å². The van der Waals surface area contributed by atoms with E-state index < -0.39 is 16.0 Å². The third-order valence-corrected chi connectivity index (χ3v) is 5.03. The van der Waals surface area contributed by atoms with Crippen molar-refractivity contribution in [1.82, 2.24) is 0 Å². The van der Waals surface area contributed by atoms with E-state index in [-0.39, 0.29) is 17.1 Å². The van der Waals surface area contributed by atoms with Crippen LogP contribution in [0.3, 0.4) is 0 Å². The van der Waals surface area contributed by atoms with E-state index in [9.17, 15) is 13.2 Å². The number of carboxylic acids is 1. The molecule has 2 rings (SSSR count). The summed E-state index contributed by atoms with van der Waals surface area (Å²) in [5.74, 6) is -0.883. The minimum Gasteiger partial charge on any atom is -0.495 e. The Morgan fingerprint density at radius 2 is 1.83 bits per heavy atom. The van der Waals surface area contributed by atoms with Crippen molar-refractivity contribution < 1.29 is 23.1 Å². The van der Waals surface area contributed by atoms with Crippen molar-refractivity contribution in [3.05, 3.63) is 53.1 Å². The smallest absolute Gasteiger partial charge is 0.307 e. The average Bonchev–Trinajstić information content (AvgIpc) is 2.50. The van der Waals surface area contributed by atoms with Crippen molar-refractivity contribution in [1.29, 1.82) is 0 Å². The van der Waals surface area contributed by atoms with Crippen LogP contribution < -0.4 is 9.46 Å². The van der Waals surface area contributed by atoms with E-state index in [0.717, 1.165) is 11.1 Å². The second-order valence-corrected chi connectivity index (χ2v) is 7.11. The molecular formula is C17H19NO5S. The van der Waals surface area contributed by atoms with Gasteiger partial charge in [0.15, 0.2) is 0 Å². The molecule has 0 saturated heterocycles. The molecule has 0 aliphatic heterocycles. The Morgan fingerprint density at radius 1 is 1.12 bits per heavy atom. The van der Waals surface area contributed by atoms with Crippen molar-refractivity contribution in [3.63, 3.8) is 0 Å². The van der Waals surface area contributed by atoms with Gasteiger partial charge in [0.05, 0.1) is 13.5 Å². The maximum Gasteiger partial charge on any atom is 0.307 e. The fourth-order valence-electron chi connectivity index (χ4n) is 2.23. The number of carboxylic acid groups (broad SMARTS) is 1. The Morgan fingerprint density at radius 3 is 2.42 bits per heavy atom. The quantitative estimate of drug-likeness (QED) is 0.836. The van der Waals surface area contributed by atoms with Crippen LogP contribution in [0.1, 0.15) is 16.7 Å². The monoisotopic (exact) mass is 349 g/mol. The molecule has 0 heterocycles. The van der Waals surface area contributed by atoms with Gasteiger partial charge in [0.1, 0.15) is 10.6 Å². The maximum absolute atomic E-state index is 12.7. The van der Waals surface area contributed by atoms with Crippen molar-refractivity contribution in [2.24, 2.45) is 0 Å². The number of nitrogens with one attached hydrogen (secondary N) is 1. The Bertz CT molecular complexity index is 875. The highest BCUT2D eigenvalue weighted by Crippen LogP contribution is 2.27. The molecule has 0 fully saturated rings. The molecule has 128 valence electrons. The number of sulfonamides is 1. The number of carbonyl (C=O) groups is 1. The van der Waals surface area contributed by atoms with Gasteiger partial charge in [-0.15, -0.1) is 0 Å². The number of ether oxygens (including phenoxy) is 1. The summed E-state index contributed by atoms with van der Waals surface area (Å²) in [6.45, 7) is 3.83. The summed E-state index contributed by atoms with van der Waals surface area (Å²) < 4.78 is 33.0. The van der Waals surface area contributed by atoms with Crippen LogP contribution in [-0.2, 0) is 21.2 Å². The first-order chi connectivity index (χ1) is 11.2. The molecule has 0 bridgehead atoms. The van der Waals surface area contributed by atoms with Gasteiger partial charge in [-0.3, -0.25) is 9.52 Å². The summed E-state index contributed by atoms with van der Waals surface area (Å²) in [5, 5.41) is 8.88. The van der Waals surface area contributed by atoms with Crippen molar-refractivity contribution >= 4 is 21.7 Å². The zero-order chi connectivity index (χ0) is 17.9. The number of benzene rings is 2. The van der Waals surface area contributed by atoms with Crippen molar-refractivity contribution in [2.45, 2.75) is 25.2 Å². The lowest BCUT2D eigenvalue weighted by Crippen LogP contribution is -2.15. The van der Waals surface area contributed by atoms with E-state index in [4.69, 9.17) is 9.84 Å². The number of hydrogen-bond acceptors (Lipinski definition) is 4. The van der Waals surface area contributed by atoms with Crippen LogP contribution in [0.5, 0.6) is 5.75 Å². The first-order valence-corrected chi connectivity index (χ1v) is 8.70. The molecule has 0 unspecified atom stereocenters.